The van der Waals surface area contributed by atoms with Crippen LogP contribution in [0, 0.1) is 12.8 Å². The lowest BCUT2D eigenvalue weighted by Crippen LogP contribution is -2.48. The molecular formula is C20H21Cl2N3O2. The van der Waals surface area contributed by atoms with Crippen molar-refractivity contribution in [1.82, 2.24) is 10.7 Å². The molecule has 7 heteroatoms. The fraction of sp³-hybridized carbons (Fsp3) is 0.250. The summed E-state index contributed by atoms with van der Waals surface area (Å²) >= 11 is 11.9. The molecule has 0 aliphatic heterocycles. The Morgan fingerprint density at radius 1 is 1.11 bits per heavy atom. The van der Waals surface area contributed by atoms with E-state index in [1.54, 1.807) is 36.4 Å². The van der Waals surface area contributed by atoms with Crippen molar-refractivity contribution in [3.05, 3.63) is 69.2 Å². The van der Waals surface area contributed by atoms with Crippen molar-refractivity contribution in [2.75, 3.05) is 0 Å². The van der Waals surface area contributed by atoms with Crippen LogP contribution in [0.5, 0.6) is 0 Å². The Kier molecular flexibility index (Phi) is 7.39. The minimum Gasteiger partial charge on any atom is -0.340 e. The normalized spacial score (nSPS) is 12.2. The first-order valence-corrected chi connectivity index (χ1v) is 9.19. The van der Waals surface area contributed by atoms with Crippen LogP contribution >= 0.6 is 23.2 Å². The fourth-order valence-electron chi connectivity index (χ4n) is 2.39. The highest BCUT2D eigenvalue weighted by Gasteiger charge is 2.24. The summed E-state index contributed by atoms with van der Waals surface area (Å²) in [7, 11) is 0. The smallest absolute Gasteiger partial charge is 0.262 e. The predicted molar refractivity (Wildman–Crippen MR) is 109 cm³/mol. The standard InChI is InChI=1S/C20H21Cl2N3O2/c1-12(2)18(24-19(26)14-6-4-5-13(3)9-14)20(27)25-23-11-15-7-8-16(21)10-17(15)22/h4-12,18H,1-3H3,(H,24,26)(H,25,27)/t18-/m0/s1. The van der Waals surface area contributed by atoms with Gasteiger partial charge in [0.15, 0.2) is 0 Å². The average molecular weight is 406 g/mol. The van der Waals surface area contributed by atoms with Gasteiger partial charge in [0, 0.05) is 16.1 Å². The largest absolute Gasteiger partial charge is 0.340 e. The molecule has 27 heavy (non-hydrogen) atoms. The third-order valence-corrected chi connectivity index (χ3v) is 4.42. The van der Waals surface area contributed by atoms with Crippen LogP contribution in [0.1, 0.15) is 35.3 Å². The molecular weight excluding hydrogens is 385 g/mol. The van der Waals surface area contributed by atoms with E-state index in [1.165, 1.54) is 6.21 Å². The van der Waals surface area contributed by atoms with Crippen LogP contribution in [0.2, 0.25) is 10.0 Å². The van der Waals surface area contributed by atoms with Gasteiger partial charge in [0.1, 0.15) is 6.04 Å². The van der Waals surface area contributed by atoms with Gasteiger partial charge in [-0.25, -0.2) is 5.43 Å². The molecule has 0 spiro atoms. The number of amides is 2. The minimum absolute atomic E-state index is 0.118. The zero-order valence-corrected chi connectivity index (χ0v) is 16.8. The zero-order chi connectivity index (χ0) is 20.0. The maximum atomic E-state index is 12.5. The third kappa shape index (κ3) is 6.08. The Labute approximate surface area is 168 Å². The summed E-state index contributed by atoms with van der Waals surface area (Å²) in [5.74, 6) is -0.835. The van der Waals surface area contributed by atoms with Crippen molar-refractivity contribution in [3.8, 4) is 0 Å². The van der Waals surface area contributed by atoms with Crippen molar-refractivity contribution in [3.63, 3.8) is 0 Å². The molecule has 0 saturated carbocycles. The van der Waals surface area contributed by atoms with Crippen LogP contribution < -0.4 is 10.7 Å². The highest BCUT2D eigenvalue weighted by atomic mass is 35.5. The van der Waals surface area contributed by atoms with E-state index in [0.717, 1.165) is 5.56 Å². The fourth-order valence-corrected chi connectivity index (χ4v) is 2.84. The Morgan fingerprint density at radius 3 is 2.48 bits per heavy atom. The van der Waals surface area contributed by atoms with Gasteiger partial charge in [0.05, 0.1) is 11.2 Å². The summed E-state index contributed by atoms with van der Waals surface area (Å²) in [5.41, 5.74) is 4.54. The summed E-state index contributed by atoms with van der Waals surface area (Å²) in [6.07, 6.45) is 1.43. The van der Waals surface area contributed by atoms with Crippen LogP contribution in [-0.2, 0) is 4.79 Å². The van der Waals surface area contributed by atoms with Gasteiger partial charge in [0.2, 0.25) is 0 Å². The number of hydrogen-bond donors (Lipinski definition) is 2. The molecule has 2 aromatic carbocycles. The highest BCUT2D eigenvalue weighted by Crippen LogP contribution is 2.19. The molecule has 5 nitrogen and oxygen atoms in total. The number of hydrogen-bond acceptors (Lipinski definition) is 3. The van der Waals surface area contributed by atoms with Gasteiger partial charge in [-0.3, -0.25) is 9.59 Å². The van der Waals surface area contributed by atoms with E-state index in [1.807, 2.05) is 26.8 Å². The SMILES string of the molecule is Cc1cccc(C(=O)N[C@H](C(=O)NN=Cc2ccc(Cl)cc2Cl)C(C)C)c1. The first-order chi connectivity index (χ1) is 12.8. The molecule has 0 radical (unpaired) electrons. The predicted octanol–water partition coefficient (Wildman–Crippen LogP) is 4.21. The summed E-state index contributed by atoms with van der Waals surface area (Å²) < 4.78 is 0. The molecule has 0 aliphatic rings. The quantitative estimate of drug-likeness (QED) is 0.558. The number of nitrogens with one attached hydrogen (secondary N) is 2. The zero-order valence-electron chi connectivity index (χ0n) is 15.3. The second-order valence-electron chi connectivity index (χ2n) is 6.46. The molecule has 0 unspecified atom stereocenters. The Bertz CT molecular complexity index is 866. The lowest BCUT2D eigenvalue weighted by molar-refractivity contribution is -0.123. The second kappa shape index (κ2) is 9.53. The third-order valence-electron chi connectivity index (χ3n) is 3.86. The molecule has 0 saturated heterocycles. The van der Waals surface area contributed by atoms with Crippen molar-refractivity contribution in [2.24, 2.45) is 11.0 Å². The summed E-state index contributed by atoms with van der Waals surface area (Å²) in [6.45, 7) is 5.60. The molecule has 142 valence electrons. The van der Waals surface area contributed by atoms with Gasteiger partial charge in [-0.1, -0.05) is 60.8 Å². The number of aryl methyl sites for hydroxylation is 1. The topological polar surface area (TPSA) is 70.6 Å². The van der Waals surface area contributed by atoms with Crippen LogP contribution in [0.3, 0.4) is 0 Å². The van der Waals surface area contributed by atoms with E-state index in [-0.39, 0.29) is 11.8 Å². The Hall–Kier alpha value is -2.37. The van der Waals surface area contributed by atoms with Crippen molar-refractivity contribution in [2.45, 2.75) is 26.8 Å². The van der Waals surface area contributed by atoms with Crippen LogP contribution in [-0.4, -0.2) is 24.1 Å². The van der Waals surface area contributed by atoms with Gasteiger partial charge in [-0.2, -0.15) is 5.10 Å². The van der Waals surface area contributed by atoms with Gasteiger partial charge in [-0.15, -0.1) is 0 Å². The molecule has 1 atom stereocenters. The van der Waals surface area contributed by atoms with E-state index < -0.39 is 11.9 Å². The lowest BCUT2D eigenvalue weighted by Gasteiger charge is -2.20. The molecule has 0 bridgehead atoms. The second-order valence-corrected chi connectivity index (χ2v) is 7.31. The van der Waals surface area contributed by atoms with E-state index in [9.17, 15) is 9.59 Å². The van der Waals surface area contributed by atoms with E-state index >= 15 is 0 Å². The van der Waals surface area contributed by atoms with E-state index in [0.29, 0.717) is 21.2 Å². The number of rotatable bonds is 6. The molecule has 0 fully saturated rings. The van der Waals surface area contributed by atoms with Gasteiger partial charge in [-0.05, 0) is 37.1 Å². The van der Waals surface area contributed by atoms with Crippen molar-refractivity contribution < 1.29 is 9.59 Å². The molecule has 2 rings (SSSR count). The first-order valence-electron chi connectivity index (χ1n) is 8.43. The summed E-state index contributed by atoms with van der Waals surface area (Å²) in [4.78, 5) is 24.9. The number of halogens is 2. The molecule has 2 amide bonds. The Morgan fingerprint density at radius 2 is 1.85 bits per heavy atom. The number of hydrazone groups is 1. The number of carbonyl (C=O) groups excluding carboxylic acids is 2. The molecule has 0 aliphatic carbocycles. The summed E-state index contributed by atoms with van der Waals surface area (Å²) in [5, 5.41) is 7.62. The number of nitrogens with zero attached hydrogens (tertiary/aromatic N) is 1. The molecule has 2 aromatic rings. The van der Waals surface area contributed by atoms with E-state index in [2.05, 4.69) is 15.8 Å². The Balaban J connectivity index is 2.04. The monoisotopic (exact) mass is 405 g/mol. The maximum Gasteiger partial charge on any atom is 0.262 e. The number of carbonyl (C=O) groups is 2. The minimum atomic E-state index is -0.726. The van der Waals surface area contributed by atoms with E-state index in [4.69, 9.17) is 23.2 Å². The maximum absolute atomic E-state index is 12.5. The average Bonchev–Trinajstić information content (AvgIpc) is 2.60. The van der Waals surface area contributed by atoms with Crippen molar-refractivity contribution >= 4 is 41.2 Å². The van der Waals surface area contributed by atoms with Crippen molar-refractivity contribution in [1.29, 1.82) is 0 Å². The molecule has 2 N–H and O–H groups in total. The lowest BCUT2D eigenvalue weighted by atomic mass is 10.0. The van der Waals surface area contributed by atoms with Gasteiger partial charge >= 0.3 is 0 Å². The molecule has 0 heterocycles. The van der Waals surface area contributed by atoms with Crippen LogP contribution in [0.25, 0.3) is 0 Å². The van der Waals surface area contributed by atoms with Crippen LogP contribution in [0.15, 0.2) is 47.6 Å². The van der Waals surface area contributed by atoms with Gasteiger partial charge < -0.3 is 5.32 Å². The number of benzene rings is 2. The van der Waals surface area contributed by atoms with Gasteiger partial charge in [0.25, 0.3) is 11.8 Å². The first kappa shape index (κ1) is 20.9. The molecule has 0 aromatic heterocycles. The van der Waals surface area contributed by atoms with Crippen LogP contribution in [0.4, 0.5) is 0 Å². The summed E-state index contributed by atoms with van der Waals surface area (Å²) in [6, 6.07) is 11.4. The highest BCUT2D eigenvalue weighted by molar-refractivity contribution is 6.36.